The highest BCUT2D eigenvalue weighted by atomic mass is 32.2. The molecule has 0 amide bonds. The molecule has 8 heteroatoms. The molecular formula is C14H16FNO5S. The van der Waals surface area contributed by atoms with Gasteiger partial charge in [-0.25, -0.2) is 22.3 Å². The summed E-state index contributed by atoms with van der Waals surface area (Å²) in [5, 5.41) is 8.77. The average molecular weight is 329 g/mol. The first kappa shape index (κ1) is 15.4. The van der Waals surface area contributed by atoms with Gasteiger partial charge in [-0.3, -0.25) is 0 Å². The fraction of sp³-hybridized carbons (Fsp3) is 0.500. The second kappa shape index (κ2) is 5.60. The first-order chi connectivity index (χ1) is 10.4. The summed E-state index contributed by atoms with van der Waals surface area (Å²) in [6.07, 6.45) is 2.52. The highest BCUT2D eigenvalue weighted by Gasteiger charge is 2.42. The van der Waals surface area contributed by atoms with Crippen molar-refractivity contribution in [2.24, 2.45) is 5.92 Å². The minimum Gasteiger partial charge on any atom is -0.478 e. The summed E-state index contributed by atoms with van der Waals surface area (Å²) in [4.78, 5) is 10.5. The molecule has 3 rings (SSSR count). The lowest BCUT2D eigenvalue weighted by molar-refractivity contribution is 0.0691. The second-order valence-corrected chi connectivity index (χ2v) is 7.35. The molecule has 0 radical (unpaired) electrons. The van der Waals surface area contributed by atoms with E-state index in [0.717, 1.165) is 31.0 Å². The van der Waals surface area contributed by atoms with Crippen molar-refractivity contribution in [3.05, 3.63) is 29.6 Å². The molecule has 0 aromatic heterocycles. The van der Waals surface area contributed by atoms with E-state index in [0.29, 0.717) is 18.9 Å². The zero-order chi connectivity index (χ0) is 15.9. The maximum Gasteiger partial charge on any atom is 0.338 e. The first-order valence-electron chi connectivity index (χ1n) is 7.05. The minimum atomic E-state index is -3.91. The monoisotopic (exact) mass is 329 g/mol. The van der Waals surface area contributed by atoms with Gasteiger partial charge in [0.25, 0.3) is 0 Å². The van der Waals surface area contributed by atoms with Crippen molar-refractivity contribution >= 4 is 16.0 Å². The molecule has 2 atom stereocenters. The number of hydrogen-bond donors (Lipinski definition) is 2. The van der Waals surface area contributed by atoms with Gasteiger partial charge in [0.15, 0.2) is 0 Å². The molecule has 0 bridgehead atoms. The van der Waals surface area contributed by atoms with Gasteiger partial charge in [-0.15, -0.1) is 0 Å². The van der Waals surface area contributed by atoms with Gasteiger partial charge in [0, 0.05) is 6.61 Å². The number of carboxylic acids is 1. The molecule has 1 aromatic rings. The number of sulfonamides is 1. The van der Waals surface area contributed by atoms with Gasteiger partial charge in [0.05, 0.1) is 22.6 Å². The highest BCUT2D eigenvalue weighted by Crippen LogP contribution is 2.39. The summed E-state index contributed by atoms with van der Waals surface area (Å²) in [5.41, 5.74) is -0.556. The quantitative estimate of drug-likeness (QED) is 0.851. The molecule has 120 valence electrons. The van der Waals surface area contributed by atoms with Crippen LogP contribution >= 0.6 is 0 Å². The fourth-order valence-electron chi connectivity index (χ4n) is 2.73. The average Bonchev–Trinajstić information content (AvgIpc) is 3.19. The Bertz CT molecular complexity index is 701. The Morgan fingerprint density at radius 2 is 2.05 bits per heavy atom. The van der Waals surface area contributed by atoms with Gasteiger partial charge in [-0.1, -0.05) is 0 Å². The number of rotatable bonds is 5. The number of benzene rings is 1. The van der Waals surface area contributed by atoms with E-state index in [1.807, 2.05) is 0 Å². The lowest BCUT2D eigenvalue weighted by Gasteiger charge is -2.19. The molecule has 1 aliphatic heterocycles. The molecule has 1 saturated carbocycles. The summed E-state index contributed by atoms with van der Waals surface area (Å²) < 4.78 is 46.4. The molecule has 22 heavy (non-hydrogen) atoms. The minimum absolute atomic E-state index is 0.127. The fourth-order valence-corrected chi connectivity index (χ4v) is 4.02. The van der Waals surface area contributed by atoms with Crippen molar-refractivity contribution in [3.8, 4) is 0 Å². The molecule has 2 aliphatic rings. The summed E-state index contributed by atoms with van der Waals surface area (Å²) >= 11 is 0. The van der Waals surface area contributed by atoms with Crippen LogP contribution in [-0.2, 0) is 14.8 Å². The van der Waals surface area contributed by atoms with Crippen LogP contribution in [0.5, 0.6) is 0 Å². The Labute approximate surface area is 127 Å². The molecule has 2 N–H and O–H groups in total. The molecule has 1 aliphatic carbocycles. The predicted molar refractivity (Wildman–Crippen MR) is 74.5 cm³/mol. The lowest BCUT2D eigenvalue weighted by atomic mass is 10.1. The molecule has 0 unspecified atom stereocenters. The van der Waals surface area contributed by atoms with E-state index in [2.05, 4.69) is 4.72 Å². The largest absolute Gasteiger partial charge is 0.478 e. The number of aromatic carboxylic acids is 1. The lowest BCUT2D eigenvalue weighted by Crippen LogP contribution is -2.41. The van der Waals surface area contributed by atoms with Crippen LogP contribution in [0.25, 0.3) is 0 Å². The van der Waals surface area contributed by atoms with Crippen molar-refractivity contribution < 1.29 is 27.4 Å². The third kappa shape index (κ3) is 2.99. The van der Waals surface area contributed by atoms with E-state index in [-0.39, 0.29) is 17.0 Å². The van der Waals surface area contributed by atoms with Crippen LogP contribution in [0.15, 0.2) is 23.1 Å². The van der Waals surface area contributed by atoms with Crippen molar-refractivity contribution in [2.45, 2.75) is 36.3 Å². The molecule has 2 fully saturated rings. The van der Waals surface area contributed by atoms with Gasteiger partial charge in [-0.2, -0.15) is 0 Å². The van der Waals surface area contributed by atoms with E-state index in [1.165, 1.54) is 0 Å². The van der Waals surface area contributed by atoms with E-state index >= 15 is 0 Å². The topological polar surface area (TPSA) is 92.7 Å². The normalized spacial score (nSPS) is 25.3. The number of carbonyl (C=O) groups is 1. The third-order valence-electron chi connectivity index (χ3n) is 4.01. The smallest absolute Gasteiger partial charge is 0.338 e. The Hall–Kier alpha value is -1.51. The Kier molecular flexibility index (Phi) is 3.92. The summed E-state index contributed by atoms with van der Waals surface area (Å²) in [6, 6.07) is 2.46. The van der Waals surface area contributed by atoms with E-state index in [1.54, 1.807) is 0 Å². The van der Waals surface area contributed by atoms with E-state index < -0.39 is 27.4 Å². The van der Waals surface area contributed by atoms with Crippen molar-refractivity contribution in [3.63, 3.8) is 0 Å². The third-order valence-corrected chi connectivity index (χ3v) is 5.50. The van der Waals surface area contributed by atoms with Crippen LogP contribution in [0, 0.1) is 11.7 Å². The zero-order valence-corrected chi connectivity index (χ0v) is 12.5. The Balaban J connectivity index is 1.80. The molecule has 1 aromatic carbocycles. The zero-order valence-electron chi connectivity index (χ0n) is 11.7. The standard InChI is InChI=1S/C14H16FNO5S/c15-11-7-9(3-4-10(11)14(17)18)22(19,20)16-12-5-6-21-13(12)8-1-2-8/h3-4,7-8,12-13,16H,1-2,5-6H2,(H,17,18)/t12-,13+/m1/s1. The molecule has 6 nitrogen and oxygen atoms in total. The second-order valence-electron chi connectivity index (χ2n) is 5.64. The van der Waals surface area contributed by atoms with Crippen LogP contribution in [0.1, 0.15) is 29.6 Å². The molecule has 1 heterocycles. The van der Waals surface area contributed by atoms with Crippen molar-refractivity contribution in [1.82, 2.24) is 4.72 Å². The van der Waals surface area contributed by atoms with Gasteiger partial charge >= 0.3 is 5.97 Å². The van der Waals surface area contributed by atoms with Crippen LogP contribution in [0.4, 0.5) is 4.39 Å². The maximum atomic E-state index is 13.7. The van der Waals surface area contributed by atoms with Gasteiger partial charge in [-0.05, 0) is 43.4 Å². The molecule has 1 saturated heterocycles. The van der Waals surface area contributed by atoms with Crippen LogP contribution in [-0.4, -0.2) is 38.2 Å². The summed E-state index contributed by atoms with van der Waals surface area (Å²) in [6.45, 7) is 0.501. The molecular weight excluding hydrogens is 313 g/mol. The highest BCUT2D eigenvalue weighted by molar-refractivity contribution is 7.89. The SMILES string of the molecule is O=C(O)c1ccc(S(=O)(=O)N[C@@H]2CCO[C@H]2C2CC2)cc1F. The van der Waals surface area contributed by atoms with Gasteiger partial charge in [0.1, 0.15) is 5.82 Å². The first-order valence-corrected chi connectivity index (χ1v) is 8.53. The van der Waals surface area contributed by atoms with E-state index in [4.69, 9.17) is 9.84 Å². The number of nitrogens with one attached hydrogen (secondary N) is 1. The summed E-state index contributed by atoms with van der Waals surface area (Å²) in [5.74, 6) is -2.12. The number of carboxylic acid groups (broad SMARTS) is 1. The van der Waals surface area contributed by atoms with Crippen LogP contribution in [0.2, 0.25) is 0 Å². The van der Waals surface area contributed by atoms with Crippen molar-refractivity contribution in [2.75, 3.05) is 6.61 Å². The van der Waals surface area contributed by atoms with Crippen LogP contribution in [0.3, 0.4) is 0 Å². The molecule has 0 spiro atoms. The predicted octanol–water partition coefficient (Wildman–Crippen LogP) is 1.37. The number of hydrogen-bond acceptors (Lipinski definition) is 4. The number of halogens is 1. The summed E-state index contributed by atoms with van der Waals surface area (Å²) in [7, 11) is -3.91. The Morgan fingerprint density at radius 1 is 1.32 bits per heavy atom. The van der Waals surface area contributed by atoms with Crippen LogP contribution < -0.4 is 4.72 Å². The number of ether oxygens (including phenoxy) is 1. The van der Waals surface area contributed by atoms with E-state index in [9.17, 15) is 17.6 Å². The Morgan fingerprint density at radius 3 is 2.64 bits per heavy atom. The van der Waals surface area contributed by atoms with Gasteiger partial charge < -0.3 is 9.84 Å². The van der Waals surface area contributed by atoms with Gasteiger partial charge in [0.2, 0.25) is 10.0 Å². The van der Waals surface area contributed by atoms with Crippen molar-refractivity contribution in [1.29, 1.82) is 0 Å². The maximum absolute atomic E-state index is 13.7.